The van der Waals surface area contributed by atoms with Crippen LogP contribution in [0.15, 0.2) is 104 Å². The maximum Gasteiger partial charge on any atom is 0.214 e. The Morgan fingerprint density at radius 1 is 0.750 bits per heavy atom. The van der Waals surface area contributed by atoms with Crippen LogP contribution in [0.2, 0.25) is 0 Å². The van der Waals surface area contributed by atoms with E-state index >= 15 is 0 Å². The number of benzene rings is 3. The van der Waals surface area contributed by atoms with Crippen LogP contribution in [0.4, 0.5) is 28.4 Å². The monoisotopic (exact) mass is 474 g/mol. The Morgan fingerprint density at radius 3 is 2.11 bits per heavy atom. The number of anilines is 5. The summed E-state index contributed by atoms with van der Waals surface area (Å²) >= 11 is 0. The molecule has 2 heterocycles. The molecule has 0 spiro atoms. The summed E-state index contributed by atoms with van der Waals surface area (Å²) in [5.74, 6) is -0.0361. The summed E-state index contributed by atoms with van der Waals surface area (Å²) in [5.41, 5.74) is 13.1. The number of hydrogen-bond donors (Lipinski definition) is 3. The van der Waals surface area contributed by atoms with E-state index in [9.17, 15) is 4.79 Å². The van der Waals surface area contributed by atoms with E-state index in [-0.39, 0.29) is 5.78 Å². The molecule has 3 aromatic carbocycles. The quantitative estimate of drug-likeness (QED) is 0.176. The molecule has 0 unspecified atom stereocenters. The Hall–Kier alpha value is -4.71. The van der Waals surface area contributed by atoms with Crippen LogP contribution in [0.3, 0.4) is 0 Å². The van der Waals surface area contributed by atoms with Crippen molar-refractivity contribution in [2.45, 2.75) is 0 Å². The van der Waals surface area contributed by atoms with Gasteiger partial charge in [-0.2, -0.15) is 0 Å². The second kappa shape index (κ2) is 9.88. The number of pyridine rings is 2. The maximum atomic E-state index is 12.8. The van der Waals surface area contributed by atoms with Crippen LogP contribution in [0.25, 0.3) is 10.9 Å². The molecule has 5 aromatic rings. The lowest BCUT2D eigenvalue weighted by molar-refractivity contribution is -0.671. The number of carbonyl (C=O) groups is 1. The number of rotatable bonds is 7. The number of ketones is 1. The fourth-order valence-corrected chi connectivity index (χ4v) is 4.06. The predicted molar refractivity (Wildman–Crippen MR) is 144 cm³/mol. The van der Waals surface area contributed by atoms with Crippen LogP contribution >= 0.6 is 0 Å². The molecule has 1 radical (unpaired) electrons. The van der Waals surface area contributed by atoms with Gasteiger partial charge in [0.1, 0.15) is 14.1 Å². The van der Waals surface area contributed by atoms with Crippen LogP contribution in [0.5, 0.6) is 0 Å². The van der Waals surface area contributed by atoms with E-state index in [1.807, 2.05) is 122 Å². The molecule has 6 nitrogen and oxygen atoms in total. The van der Waals surface area contributed by atoms with Gasteiger partial charge in [0.05, 0.1) is 23.2 Å². The third-order valence-corrected chi connectivity index (χ3v) is 6.08. The highest BCUT2D eigenvalue weighted by Crippen LogP contribution is 2.26. The van der Waals surface area contributed by atoms with E-state index in [1.165, 1.54) is 0 Å². The van der Waals surface area contributed by atoms with Crippen molar-refractivity contribution in [3.05, 3.63) is 121 Å². The van der Waals surface area contributed by atoms with E-state index in [4.69, 9.17) is 5.73 Å². The van der Waals surface area contributed by atoms with Gasteiger partial charge in [-0.05, 0) is 54.1 Å². The van der Waals surface area contributed by atoms with Gasteiger partial charge in [0, 0.05) is 46.9 Å². The molecule has 4 N–H and O–H groups in total. The van der Waals surface area contributed by atoms with Crippen LogP contribution in [0, 0.1) is 6.42 Å². The minimum Gasteiger partial charge on any atom is -0.399 e. The highest BCUT2D eigenvalue weighted by Gasteiger charge is 2.12. The van der Waals surface area contributed by atoms with E-state index in [1.54, 1.807) is 6.42 Å². The number of hydrogen-bond acceptors (Lipinski definition) is 4. The van der Waals surface area contributed by atoms with Crippen molar-refractivity contribution >= 4 is 45.1 Å². The molecule has 0 aliphatic rings. The highest BCUT2D eigenvalue weighted by atomic mass is 16.1. The van der Waals surface area contributed by atoms with Gasteiger partial charge in [-0.1, -0.05) is 12.1 Å². The van der Waals surface area contributed by atoms with Crippen molar-refractivity contribution < 1.29 is 13.9 Å². The van der Waals surface area contributed by atoms with Crippen molar-refractivity contribution in [2.24, 2.45) is 14.1 Å². The molecule has 0 bridgehead atoms. The second-order valence-corrected chi connectivity index (χ2v) is 8.83. The van der Waals surface area contributed by atoms with E-state index in [0.29, 0.717) is 5.56 Å². The van der Waals surface area contributed by atoms with Crippen molar-refractivity contribution in [2.75, 3.05) is 16.4 Å². The Morgan fingerprint density at radius 2 is 1.39 bits per heavy atom. The largest absolute Gasteiger partial charge is 0.399 e. The summed E-state index contributed by atoms with van der Waals surface area (Å²) in [6.45, 7) is 0. The Bertz CT molecular complexity index is 1530. The van der Waals surface area contributed by atoms with E-state index < -0.39 is 0 Å². The van der Waals surface area contributed by atoms with Gasteiger partial charge in [-0.25, -0.2) is 9.13 Å². The Labute approximate surface area is 210 Å². The average molecular weight is 475 g/mol. The summed E-state index contributed by atoms with van der Waals surface area (Å²) in [4.78, 5) is 12.8. The van der Waals surface area contributed by atoms with Gasteiger partial charge in [-0.15, -0.1) is 0 Å². The highest BCUT2D eigenvalue weighted by molar-refractivity contribution is 6.05. The number of carbonyl (C=O) groups excluding carboxylic acids is 1. The number of aryl methyl sites for hydroxylation is 2. The first kappa shape index (κ1) is 23.1. The van der Waals surface area contributed by atoms with Crippen LogP contribution in [-0.2, 0) is 14.1 Å². The molecule has 0 atom stereocenters. The van der Waals surface area contributed by atoms with Crippen LogP contribution in [0.1, 0.15) is 15.9 Å². The van der Waals surface area contributed by atoms with Gasteiger partial charge in [0.2, 0.25) is 5.52 Å². The Balaban J connectivity index is 1.24. The molecule has 0 aliphatic carbocycles. The van der Waals surface area contributed by atoms with Crippen LogP contribution < -0.4 is 25.5 Å². The molecular formula is C30H28N5O+2. The van der Waals surface area contributed by atoms with Crippen molar-refractivity contribution in [1.82, 2.24) is 0 Å². The minimum atomic E-state index is -0.0361. The van der Waals surface area contributed by atoms with Gasteiger partial charge in [0.15, 0.2) is 24.4 Å². The number of nitrogen functional groups attached to an aromatic ring is 1. The van der Waals surface area contributed by atoms with E-state index in [2.05, 4.69) is 15.2 Å². The third kappa shape index (κ3) is 5.18. The lowest BCUT2D eigenvalue weighted by Gasteiger charge is -2.10. The maximum absolute atomic E-state index is 12.8. The number of nitrogens with zero attached hydrogens (tertiary/aromatic N) is 2. The topological polar surface area (TPSA) is 74.9 Å². The molecule has 36 heavy (non-hydrogen) atoms. The molecule has 6 heteroatoms. The van der Waals surface area contributed by atoms with Crippen molar-refractivity contribution in [1.29, 1.82) is 0 Å². The lowest BCUT2D eigenvalue weighted by Crippen LogP contribution is -2.28. The normalized spacial score (nSPS) is 10.8. The summed E-state index contributed by atoms with van der Waals surface area (Å²) in [6, 6.07) is 27.2. The average Bonchev–Trinajstić information content (AvgIpc) is 2.88. The second-order valence-electron chi connectivity index (χ2n) is 8.83. The molecule has 5 rings (SSSR count). The van der Waals surface area contributed by atoms with Gasteiger partial charge < -0.3 is 16.4 Å². The standard InChI is InChI=1S/C30H26N5O/c1-34-16-13-26(14-17-34)32-24-10-5-22(6-11-24)30(36)19-21-3-8-25(9-4-21)33-28-15-18-35(2)29-12-7-23(31)20-27(28)29/h3-20H,31H2,1-2H3/p+2. The molecule has 177 valence electrons. The number of nitrogens with one attached hydrogen (secondary N) is 2. The molecule has 0 saturated carbocycles. The molecule has 0 saturated heterocycles. The first-order chi connectivity index (χ1) is 17.4. The number of nitrogens with two attached hydrogens (primary N) is 1. The first-order valence-electron chi connectivity index (χ1n) is 11.7. The summed E-state index contributed by atoms with van der Waals surface area (Å²) in [7, 11) is 3.99. The molecule has 0 fully saturated rings. The molecule has 0 amide bonds. The SMILES string of the molecule is C[n+]1ccc(Nc2ccc(C(=O)[CH]c3ccc(Nc4cc[n+](C)c5ccc(N)cc45)cc3)cc2)cc1. The zero-order chi connectivity index (χ0) is 25.1. The number of fused-ring (bicyclic) bond motifs is 1. The zero-order valence-corrected chi connectivity index (χ0v) is 20.3. The van der Waals surface area contributed by atoms with E-state index in [0.717, 1.165) is 44.9 Å². The predicted octanol–water partition coefficient (Wildman–Crippen LogP) is 4.99. The molecular weight excluding hydrogens is 446 g/mol. The minimum absolute atomic E-state index is 0.0361. The zero-order valence-electron chi connectivity index (χ0n) is 20.3. The third-order valence-electron chi connectivity index (χ3n) is 6.08. The molecule has 2 aromatic heterocycles. The molecule has 0 aliphatic heterocycles. The van der Waals surface area contributed by atoms with Crippen molar-refractivity contribution in [3.63, 3.8) is 0 Å². The fraction of sp³-hybridized carbons (Fsp3) is 0.0667. The summed E-state index contributed by atoms with van der Waals surface area (Å²) < 4.78 is 4.04. The number of Topliss-reactive ketones (excluding diaryl/α,β-unsaturated/α-hetero) is 1. The van der Waals surface area contributed by atoms with Gasteiger partial charge >= 0.3 is 0 Å². The first-order valence-corrected chi connectivity index (χ1v) is 11.7. The van der Waals surface area contributed by atoms with Crippen molar-refractivity contribution in [3.8, 4) is 0 Å². The van der Waals surface area contributed by atoms with Gasteiger partial charge in [0.25, 0.3) is 0 Å². The Kier molecular flexibility index (Phi) is 6.33. The smallest absolute Gasteiger partial charge is 0.214 e. The van der Waals surface area contributed by atoms with Crippen LogP contribution in [-0.4, -0.2) is 5.78 Å². The summed E-state index contributed by atoms with van der Waals surface area (Å²) in [6.07, 6.45) is 7.63. The summed E-state index contributed by atoms with van der Waals surface area (Å²) in [5, 5.41) is 7.85. The van der Waals surface area contributed by atoms with Gasteiger partial charge in [-0.3, -0.25) is 4.79 Å². The fourth-order valence-electron chi connectivity index (χ4n) is 4.06. The number of aromatic nitrogens is 2. The lowest BCUT2D eigenvalue weighted by atomic mass is 10.0.